The standard InChI is InChI=1S/C19H23NO3S/c1-13-5-6-14(2)17(11-13)20-24(21,22)16-7-8-18-15(12-16)9-10-19(3,4)23-18/h5-8,11-12,20H,9-10H2,1-4H3. The first-order valence-electron chi connectivity index (χ1n) is 8.08. The van der Waals surface area contributed by atoms with Crippen molar-refractivity contribution in [3.8, 4) is 5.75 Å². The summed E-state index contributed by atoms with van der Waals surface area (Å²) in [5.74, 6) is 0.775. The minimum Gasteiger partial charge on any atom is -0.488 e. The summed E-state index contributed by atoms with van der Waals surface area (Å²) in [5.41, 5.74) is 3.26. The van der Waals surface area contributed by atoms with Crippen molar-refractivity contribution in [2.45, 2.75) is 51.0 Å². The van der Waals surface area contributed by atoms with Gasteiger partial charge in [-0.15, -0.1) is 0 Å². The number of ether oxygens (including phenoxy) is 1. The summed E-state index contributed by atoms with van der Waals surface area (Å²) in [6, 6.07) is 10.8. The molecule has 2 aromatic carbocycles. The fourth-order valence-electron chi connectivity index (χ4n) is 2.85. The van der Waals surface area contributed by atoms with Crippen molar-refractivity contribution < 1.29 is 13.2 Å². The van der Waals surface area contributed by atoms with Gasteiger partial charge in [0, 0.05) is 0 Å². The third kappa shape index (κ3) is 3.41. The topological polar surface area (TPSA) is 55.4 Å². The first-order valence-corrected chi connectivity index (χ1v) is 9.57. The summed E-state index contributed by atoms with van der Waals surface area (Å²) in [4.78, 5) is 0.269. The number of nitrogens with one attached hydrogen (secondary N) is 1. The molecular formula is C19H23NO3S. The van der Waals surface area contributed by atoms with Crippen molar-refractivity contribution in [3.63, 3.8) is 0 Å². The Morgan fingerprint density at radius 1 is 1.08 bits per heavy atom. The second kappa shape index (κ2) is 5.81. The quantitative estimate of drug-likeness (QED) is 0.907. The SMILES string of the molecule is Cc1ccc(C)c(NS(=O)(=O)c2ccc3c(c2)CCC(C)(C)O3)c1. The molecule has 0 fully saturated rings. The average Bonchev–Trinajstić information content (AvgIpc) is 2.49. The van der Waals surface area contributed by atoms with Crippen molar-refractivity contribution in [1.29, 1.82) is 0 Å². The molecule has 3 rings (SSSR count). The van der Waals surface area contributed by atoms with Gasteiger partial charge in [0.05, 0.1) is 10.6 Å². The number of anilines is 1. The van der Waals surface area contributed by atoms with Gasteiger partial charge in [0.1, 0.15) is 11.4 Å². The molecule has 0 atom stereocenters. The van der Waals surface area contributed by atoms with Gasteiger partial charge in [-0.05, 0) is 81.5 Å². The third-order valence-corrected chi connectivity index (χ3v) is 5.73. The van der Waals surface area contributed by atoms with Crippen LogP contribution in [0.3, 0.4) is 0 Å². The van der Waals surface area contributed by atoms with Crippen LogP contribution in [0.5, 0.6) is 5.75 Å². The number of sulfonamides is 1. The zero-order valence-corrected chi connectivity index (χ0v) is 15.3. The molecular weight excluding hydrogens is 322 g/mol. The van der Waals surface area contributed by atoms with Crippen molar-refractivity contribution in [3.05, 3.63) is 53.1 Å². The summed E-state index contributed by atoms with van der Waals surface area (Å²) in [7, 11) is -3.62. The first-order chi connectivity index (χ1) is 11.2. The van der Waals surface area contributed by atoms with Crippen molar-refractivity contribution >= 4 is 15.7 Å². The molecule has 24 heavy (non-hydrogen) atoms. The highest BCUT2D eigenvalue weighted by Gasteiger charge is 2.27. The zero-order chi connectivity index (χ0) is 17.5. The van der Waals surface area contributed by atoms with Gasteiger partial charge in [0.2, 0.25) is 0 Å². The van der Waals surface area contributed by atoms with Crippen LogP contribution < -0.4 is 9.46 Å². The van der Waals surface area contributed by atoms with E-state index in [1.807, 2.05) is 45.9 Å². The number of aryl methyl sites for hydroxylation is 3. The van der Waals surface area contributed by atoms with Gasteiger partial charge in [-0.2, -0.15) is 0 Å². The van der Waals surface area contributed by atoms with Gasteiger partial charge in [-0.25, -0.2) is 8.42 Å². The molecule has 1 heterocycles. The van der Waals surface area contributed by atoms with E-state index in [0.717, 1.165) is 35.3 Å². The maximum atomic E-state index is 12.7. The molecule has 1 aliphatic heterocycles. The van der Waals surface area contributed by atoms with Crippen molar-refractivity contribution in [1.82, 2.24) is 0 Å². The van der Waals surface area contributed by atoms with Crippen molar-refractivity contribution in [2.75, 3.05) is 4.72 Å². The monoisotopic (exact) mass is 345 g/mol. The van der Waals surface area contributed by atoms with Crippen LogP contribution in [-0.2, 0) is 16.4 Å². The van der Waals surface area contributed by atoms with Crippen LogP contribution in [0.2, 0.25) is 0 Å². The Balaban J connectivity index is 1.92. The van der Waals surface area contributed by atoms with E-state index in [9.17, 15) is 8.42 Å². The zero-order valence-electron chi connectivity index (χ0n) is 14.5. The second-order valence-electron chi connectivity index (χ2n) is 7.06. The van der Waals surface area contributed by atoms with E-state index >= 15 is 0 Å². The third-order valence-electron chi connectivity index (χ3n) is 4.36. The predicted molar refractivity (Wildman–Crippen MR) is 96.2 cm³/mol. The summed E-state index contributed by atoms with van der Waals surface area (Å²) in [6.45, 7) is 7.92. The summed E-state index contributed by atoms with van der Waals surface area (Å²) in [6.07, 6.45) is 1.68. The fourth-order valence-corrected chi connectivity index (χ4v) is 4.02. The molecule has 2 aromatic rings. The minimum absolute atomic E-state index is 0.204. The van der Waals surface area contributed by atoms with Crippen LogP contribution in [0.25, 0.3) is 0 Å². The normalized spacial score (nSPS) is 16.2. The Kier molecular flexibility index (Phi) is 4.08. The van der Waals surface area contributed by atoms with Crippen LogP contribution in [0.15, 0.2) is 41.3 Å². The highest BCUT2D eigenvalue weighted by molar-refractivity contribution is 7.92. The van der Waals surface area contributed by atoms with Crippen molar-refractivity contribution in [2.24, 2.45) is 0 Å². The molecule has 4 nitrogen and oxygen atoms in total. The van der Waals surface area contributed by atoms with E-state index in [0.29, 0.717) is 5.69 Å². The molecule has 1 aliphatic rings. The van der Waals surface area contributed by atoms with Crippen LogP contribution in [-0.4, -0.2) is 14.0 Å². The molecule has 128 valence electrons. The highest BCUT2D eigenvalue weighted by Crippen LogP contribution is 2.34. The number of hydrogen-bond donors (Lipinski definition) is 1. The fraction of sp³-hybridized carbons (Fsp3) is 0.368. The molecule has 0 aliphatic carbocycles. The van der Waals surface area contributed by atoms with E-state index in [2.05, 4.69) is 4.72 Å². The molecule has 0 saturated heterocycles. The maximum Gasteiger partial charge on any atom is 0.261 e. The van der Waals surface area contributed by atoms with Crippen LogP contribution >= 0.6 is 0 Å². The van der Waals surface area contributed by atoms with Gasteiger partial charge in [0.15, 0.2) is 0 Å². The lowest BCUT2D eigenvalue weighted by Gasteiger charge is -2.32. The number of benzene rings is 2. The highest BCUT2D eigenvalue weighted by atomic mass is 32.2. The van der Waals surface area contributed by atoms with Gasteiger partial charge in [0.25, 0.3) is 10.0 Å². The maximum absolute atomic E-state index is 12.7. The van der Waals surface area contributed by atoms with Crippen LogP contribution in [0, 0.1) is 13.8 Å². The van der Waals surface area contributed by atoms with E-state index in [4.69, 9.17) is 4.74 Å². The molecule has 0 unspecified atom stereocenters. The number of fused-ring (bicyclic) bond motifs is 1. The molecule has 0 saturated carbocycles. The van der Waals surface area contributed by atoms with E-state index in [1.54, 1.807) is 18.2 Å². The number of hydrogen-bond acceptors (Lipinski definition) is 3. The molecule has 1 N–H and O–H groups in total. The molecule has 0 aromatic heterocycles. The van der Waals surface area contributed by atoms with Gasteiger partial charge in [-0.3, -0.25) is 4.72 Å². The Bertz CT molecular complexity index is 885. The summed E-state index contributed by atoms with van der Waals surface area (Å²) >= 11 is 0. The summed E-state index contributed by atoms with van der Waals surface area (Å²) < 4.78 is 34.1. The molecule has 0 radical (unpaired) electrons. The second-order valence-corrected chi connectivity index (χ2v) is 8.74. The lowest BCUT2D eigenvalue weighted by molar-refractivity contribution is 0.0845. The number of rotatable bonds is 3. The Morgan fingerprint density at radius 2 is 1.83 bits per heavy atom. The largest absolute Gasteiger partial charge is 0.488 e. The lowest BCUT2D eigenvalue weighted by atomic mass is 9.94. The molecule has 0 bridgehead atoms. The lowest BCUT2D eigenvalue weighted by Crippen LogP contribution is -2.32. The first kappa shape index (κ1) is 16.8. The Hall–Kier alpha value is -2.01. The smallest absolute Gasteiger partial charge is 0.261 e. The Morgan fingerprint density at radius 3 is 2.58 bits per heavy atom. The van der Waals surface area contributed by atoms with Crippen LogP contribution in [0.1, 0.15) is 37.0 Å². The van der Waals surface area contributed by atoms with Gasteiger partial charge < -0.3 is 4.74 Å². The summed E-state index contributed by atoms with van der Waals surface area (Å²) in [5, 5.41) is 0. The van der Waals surface area contributed by atoms with Gasteiger partial charge in [-0.1, -0.05) is 12.1 Å². The average molecular weight is 345 g/mol. The van der Waals surface area contributed by atoms with E-state index in [1.165, 1.54) is 0 Å². The molecule has 0 amide bonds. The van der Waals surface area contributed by atoms with Gasteiger partial charge >= 0.3 is 0 Å². The molecule has 0 spiro atoms. The minimum atomic E-state index is -3.62. The van der Waals surface area contributed by atoms with E-state index < -0.39 is 10.0 Å². The van der Waals surface area contributed by atoms with E-state index in [-0.39, 0.29) is 10.5 Å². The molecule has 5 heteroatoms. The Labute approximate surface area is 143 Å². The predicted octanol–water partition coefficient (Wildman–Crippen LogP) is 4.21. The van der Waals surface area contributed by atoms with Crippen LogP contribution in [0.4, 0.5) is 5.69 Å².